The van der Waals surface area contributed by atoms with Crippen molar-refractivity contribution in [3.05, 3.63) is 63.6 Å². The maximum absolute atomic E-state index is 12.3. The van der Waals surface area contributed by atoms with E-state index < -0.39 is 18.2 Å². The van der Waals surface area contributed by atoms with Crippen molar-refractivity contribution < 1.29 is 24.2 Å². The highest BCUT2D eigenvalue weighted by atomic mass is 35.5. The van der Waals surface area contributed by atoms with Gasteiger partial charge in [-0.15, -0.1) is 0 Å². The Bertz CT molecular complexity index is 837. The van der Waals surface area contributed by atoms with E-state index in [1.807, 2.05) is 0 Å². The molecule has 6 nitrogen and oxygen atoms in total. The molecule has 162 valence electrons. The monoisotopic (exact) mass is 453 g/mol. The van der Waals surface area contributed by atoms with Gasteiger partial charge < -0.3 is 19.9 Å². The molecule has 0 aromatic heterocycles. The van der Waals surface area contributed by atoms with Gasteiger partial charge in [-0.1, -0.05) is 41.4 Å². The van der Waals surface area contributed by atoms with E-state index in [9.17, 15) is 9.59 Å². The third-order valence-electron chi connectivity index (χ3n) is 4.41. The summed E-state index contributed by atoms with van der Waals surface area (Å²) in [4.78, 5) is 23.5. The van der Waals surface area contributed by atoms with E-state index in [1.54, 1.807) is 56.3 Å². The van der Waals surface area contributed by atoms with Crippen LogP contribution < -0.4 is 10.1 Å². The number of carboxylic acids is 1. The summed E-state index contributed by atoms with van der Waals surface area (Å²) >= 11 is 12.3. The number of carbonyl (C=O) groups is 2. The van der Waals surface area contributed by atoms with Gasteiger partial charge in [0.25, 0.3) is 5.91 Å². The van der Waals surface area contributed by atoms with Crippen LogP contribution in [0.5, 0.6) is 5.75 Å². The van der Waals surface area contributed by atoms with Crippen molar-refractivity contribution in [2.45, 2.75) is 38.9 Å². The van der Waals surface area contributed by atoms with Crippen molar-refractivity contribution in [2.24, 2.45) is 0 Å². The molecule has 0 fully saturated rings. The topological polar surface area (TPSA) is 84.9 Å². The van der Waals surface area contributed by atoms with Gasteiger partial charge in [-0.2, -0.15) is 0 Å². The zero-order valence-corrected chi connectivity index (χ0v) is 18.4. The zero-order valence-electron chi connectivity index (χ0n) is 16.9. The molecule has 0 aliphatic rings. The number of amides is 1. The van der Waals surface area contributed by atoms with Gasteiger partial charge >= 0.3 is 5.97 Å². The van der Waals surface area contributed by atoms with Crippen LogP contribution in [-0.2, 0) is 27.2 Å². The number of carboxylic acid groups (broad SMARTS) is 1. The van der Waals surface area contributed by atoms with E-state index in [-0.39, 0.29) is 12.3 Å². The summed E-state index contributed by atoms with van der Waals surface area (Å²) in [6.45, 7) is 4.11. The van der Waals surface area contributed by atoms with E-state index in [4.69, 9.17) is 37.8 Å². The SMILES string of the molecule is CCO[C@H](Cc1ccc(OC(C)C(=O)NCCc2c(Cl)cccc2Cl)cc1)C(=O)O. The Morgan fingerprint density at radius 1 is 1.10 bits per heavy atom. The fraction of sp³-hybridized carbons (Fsp3) is 0.364. The summed E-state index contributed by atoms with van der Waals surface area (Å²) < 4.78 is 10.9. The molecule has 0 saturated heterocycles. The molecule has 0 aliphatic heterocycles. The first-order valence-electron chi connectivity index (χ1n) is 9.62. The number of nitrogens with one attached hydrogen (secondary N) is 1. The van der Waals surface area contributed by atoms with Crippen LogP contribution in [0.3, 0.4) is 0 Å². The van der Waals surface area contributed by atoms with Gasteiger partial charge in [0.15, 0.2) is 12.2 Å². The van der Waals surface area contributed by atoms with Gasteiger partial charge in [0.1, 0.15) is 5.75 Å². The Morgan fingerprint density at radius 2 is 1.73 bits per heavy atom. The molecule has 0 aliphatic carbocycles. The summed E-state index contributed by atoms with van der Waals surface area (Å²) in [5.41, 5.74) is 1.59. The molecule has 30 heavy (non-hydrogen) atoms. The Balaban J connectivity index is 1.84. The van der Waals surface area contributed by atoms with E-state index in [0.29, 0.717) is 35.4 Å². The third kappa shape index (κ3) is 7.20. The van der Waals surface area contributed by atoms with E-state index >= 15 is 0 Å². The fourth-order valence-electron chi connectivity index (χ4n) is 2.82. The quantitative estimate of drug-likeness (QED) is 0.533. The van der Waals surface area contributed by atoms with Crippen LogP contribution in [-0.4, -0.2) is 42.3 Å². The Kier molecular flexibility index (Phi) is 9.43. The second-order valence-corrected chi connectivity index (χ2v) is 7.45. The van der Waals surface area contributed by atoms with Gasteiger partial charge in [0.05, 0.1) is 0 Å². The van der Waals surface area contributed by atoms with Crippen molar-refractivity contribution in [3.63, 3.8) is 0 Å². The summed E-state index contributed by atoms with van der Waals surface area (Å²) in [6, 6.07) is 12.2. The third-order valence-corrected chi connectivity index (χ3v) is 5.11. The van der Waals surface area contributed by atoms with Gasteiger partial charge in [-0.25, -0.2) is 4.79 Å². The predicted molar refractivity (Wildman–Crippen MR) is 116 cm³/mol. The van der Waals surface area contributed by atoms with Crippen LogP contribution in [0.1, 0.15) is 25.0 Å². The van der Waals surface area contributed by atoms with Crippen LogP contribution in [0.25, 0.3) is 0 Å². The van der Waals surface area contributed by atoms with Crippen LogP contribution in [0.15, 0.2) is 42.5 Å². The number of hydrogen-bond acceptors (Lipinski definition) is 4. The second-order valence-electron chi connectivity index (χ2n) is 6.63. The Labute approximate surface area is 186 Å². The molecular weight excluding hydrogens is 429 g/mol. The molecule has 2 aromatic carbocycles. The molecule has 1 amide bonds. The molecular formula is C22H25Cl2NO5. The number of aliphatic carboxylic acids is 1. The van der Waals surface area contributed by atoms with Crippen LogP contribution in [0, 0.1) is 0 Å². The number of benzene rings is 2. The summed E-state index contributed by atoms with van der Waals surface area (Å²) in [6.07, 6.45) is -0.828. The molecule has 0 saturated carbocycles. The number of halogens is 2. The summed E-state index contributed by atoms with van der Waals surface area (Å²) in [5.74, 6) is -0.746. The first-order chi connectivity index (χ1) is 14.3. The van der Waals surface area contributed by atoms with E-state index in [1.165, 1.54) is 0 Å². The van der Waals surface area contributed by atoms with Crippen molar-refractivity contribution in [2.75, 3.05) is 13.2 Å². The second kappa shape index (κ2) is 11.8. The standard InChI is InChI=1S/C22H25Cl2NO5/c1-3-29-20(22(27)28)13-15-7-9-16(10-8-15)30-14(2)21(26)25-12-11-17-18(23)5-4-6-19(17)24/h4-10,14,20H,3,11-13H2,1-2H3,(H,25,26)(H,27,28)/t14?,20-/m1/s1. The minimum atomic E-state index is -0.999. The first-order valence-corrected chi connectivity index (χ1v) is 10.4. The molecule has 0 radical (unpaired) electrons. The van der Waals surface area contributed by atoms with Gasteiger partial charge in [-0.3, -0.25) is 4.79 Å². The van der Waals surface area contributed by atoms with Crippen molar-refractivity contribution in [3.8, 4) is 5.75 Å². The highest BCUT2D eigenvalue weighted by Crippen LogP contribution is 2.24. The number of ether oxygens (including phenoxy) is 2. The maximum Gasteiger partial charge on any atom is 0.333 e. The zero-order chi connectivity index (χ0) is 22.1. The molecule has 0 heterocycles. The van der Waals surface area contributed by atoms with E-state index in [2.05, 4.69) is 5.32 Å². The maximum atomic E-state index is 12.3. The summed E-state index contributed by atoms with van der Waals surface area (Å²) in [7, 11) is 0. The predicted octanol–water partition coefficient (Wildman–Crippen LogP) is 4.15. The number of carbonyl (C=O) groups excluding carboxylic acids is 1. The lowest BCUT2D eigenvalue weighted by Gasteiger charge is -2.16. The highest BCUT2D eigenvalue weighted by molar-refractivity contribution is 6.36. The minimum absolute atomic E-state index is 0.254. The smallest absolute Gasteiger partial charge is 0.333 e. The molecule has 2 rings (SSSR count). The molecule has 1 unspecified atom stereocenters. The van der Waals surface area contributed by atoms with Crippen molar-refractivity contribution in [1.29, 1.82) is 0 Å². The van der Waals surface area contributed by atoms with Gasteiger partial charge in [0.2, 0.25) is 0 Å². The Morgan fingerprint density at radius 3 is 2.30 bits per heavy atom. The molecule has 2 atom stereocenters. The molecule has 2 aromatic rings. The minimum Gasteiger partial charge on any atom is -0.481 e. The summed E-state index contributed by atoms with van der Waals surface area (Å²) in [5, 5.41) is 13.1. The number of rotatable bonds is 11. The molecule has 8 heteroatoms. The Hall–Kier alpha value is -2.28. The fourth-order valence-corrected chi connectivity index (χ4v) is 3.41. The lowest BCUT2D eigenvalue weighted by molar-refractivity contribution is -0.150. The van der Waals surface area contributed by atoms with E-state index in [0.717, 1.165) is 11.1 Å². The highest BCUT2D eigenvalue weighted by Gasteiger charge is 2.18. The van der Waals surface area contributed by atoms with Gasteiger partial charge in [-0.05, 0) is 55.7 Å². The van der Waals surface area contributed by atoms with Gasteiger partial charge in [0, 0.05) is 29.6 Å². The average molecular weight is 454 g/mol. The van der Waals surface area contributed by atoms with Crippen LogP contribution >= 0.6 is 23.2 Å². The number of hydrogen-bond donors (Lipinski definition) is 2. The lowest BCUT2D eigenvalue weighted by Crippen LogP contribution is -2.37. The normalized spacial score (nSPS) is 12.8. The largest absolute Gasteiger partial charge is 0.481 e. The van der Waals surface area contributed by atoms with Crippen LogP contribution in [0.2, 0.25) is 10.0 Å². The molecule has 0 bridgehead atoms. The van der Waals surface area contributed by atoms with Crippen LogP contribution in [0.4, 0.5) is 0 Å². The lowest BCUT2D eigenvalue weighted by atomic mass is 10.1. The average Bonchev–Trinajstić information content (AvgIpc) is 2.71. The first kappa shape index (κ1) is 24.0. The van der Waals surface area contributed by atoms with Crippen molar-refractivity contribution >= 4 is 35.1 Å². The molecule has 0 spiro atoms. The molecule has 2 N–H and O–H groups in total. The van der Waals surface area contributed by atoms with Crippen molar-refractivity contribution in [1.82, 2.24) is 5.32 Å².